The van der Waals surface area contributed by atoms with E-state index in [9.17, 15) is 18.0 Å². The molecule has 0 atom stereocenters. The molecule has 13 heteroatoms. The fourth-order valence-electron chi connectivity index (χ4n) is 4.43. The first kappa shape index (κ1) is 25.7. The van der Waals surface area contributed by atoms with Gasteiger partial charge in [0.15, 0.2) is 6.61 Å². The van der Waals surface area contributed by atoms with Gasteiger partial charge in [-0.2, -0.15) is 9.29 Å². The Bertz CT molecular complexity index is 1650. The fraction of sp³-hybridized carbons (Fsp3) is 0.320. The number of carbonyl (C=O) groups is 2. The summed E-state index contributed by atoms with van der Waals surface area (Å²) >= 11 is 0. The number of morpholine rings is 1. The van der Waals surface area contributed by atoms with E-state index in [0.29, 0.717) is 43.2 Å². The molecule has 0 spiro atoms. The van der Waals surface area contributed by atoms with E-state index >= 15 is 0 Å². The van der Waals surface area contributed by atoms with E-state index in [1.165, 1.54) is 8.82 Å². The molecule has 1 fully saturated rings. The minimum Gasteiger partial charge on any atom is -0.451 e. The van der Waals surface area contributed by atoms with Crippen molar-refractivity contribution < 1.29 is 27.5 Å². The number of aryl methyl sites for hydroxylation is 2. The van der Waals surface area contributed by atoms with Crippen molar-refractivity contribution in [3.05, 3.63) is 71.1 Å². The molecule has 38 heavy (non-hydrogen) atoms. The van der Waals surface area contributed by atoms with Gasteiger partial charge in [0.25, 0.3) is 11.6 Å². The third kappa shape index (κ3) is 4.71. The van der Waals surface area contributed by atoms with Crippen LogP contribution in [0, 0.1) is 20.8 Å². The van der Waals surface area contributed by atoms with E-state index in [-0.39, 0.29) is 16.5 Å². The van der Waals surface area contributed by atoms with Gasteiger partial charge in [0, 0.05) is 47.6 Å². The molecular weight excluding hydrogens is 512 g/mol. The minimum absolute atomic E-state index is 0.163. The number of hydrogen-bond donors (Lipinski definition) is 0. The number of benzene rings is 1. The molecule has 1 saturated heterocycles. The highest BCUT2D eigenvalue weighted by Gasteiger charge is 2.27. The van der Waals surface area contributed by atoms with Gasteiger partial charge in [0.1, 0.15) is 0 Å². The van der Waals surface area contributed by atoms with Crippen molar-refractivity contribution in [3.8, 4) is 5.69 Å². The average molecular weight is 539 g/mol. The van der Waals surface area contributed by atoms with Crippen LogP contribution in [0.2, 0.25) is 0 Å². The number of aromatic nitrogens is 5. The number of carbonyl (C=O) groups excluding carboxylic acids is 2. The van der Waals surface area contributed by atoms with Gasteiger partial charge in [-0.15, -0.1) is 5.10 Å². The van der Waals surface area contributed by atoms with Crippen molar-refractivity contribution in [1.29, 1.82) is 0 Å². The highest BCUT2D eigenvalue weighted by molar-refractivity contribution is 7.89. The number of sulfonamides is 1. The molecule has 5 rings (SSSR count). The second-order valence-electron chi connectivity index (χ2n) is 8.87. The van der Waals surface area contributed by atoms with Crippen LogP contribution in [0.1, 0.15) is 38.1 Å². The smallest absolute Gasteiger partial charge is 0.378 e. The minimum atomic E-state index is -3.69. The van der Waals surface area contributed by atoms with E-state index < -0.39 is 28.4 Å². The molecule has 0 bridgehead atoms. The lowest BCUT2D eigenvalue weighted by Crippen LogP contribution is -2.40. The number of hydrogen-bond acceptors (Lipinski definition) is 9. The Morgan fingerprint density at radius 3 is 2.55 bits per heavy atom. The number of fused-ring (bicyclic) bond motifs is 1. The predicted molar refractivity (Wildman–Crippen MR) is 135 cm³/mol. The molecule has 0 unspecified atom stereocenters. The summed E-state index contributed by atoms with van der Waals surface area (Å²) in [5.41, 5.74) is 3.02. The Labute approximate surface area is 218 Å². The summed E-state index contributed by atoms with van der Waals surface area (Å²) in [5, 5.41) is 4.09. The van der Waals surface area contributed by atoms with E-state index in [2.05, 4.69) is 15.1 Å². The Kier molecular flexibility index (Phi) is 6.82. The Morgan fingerprint density at radius 2 is 1.82 bits per heavy atom. The number of ketones is 1. The van der Waals surface area contributed by atoms with Crippen LogP contribution in [0.15, 0.2) is 47.5 Å². The molecule has 3 aromatic heterocycles. The van der Waals surface area contributed by atoms with Crippen LogP contribution in [0.25, 0.3) is 11.5 Å². The van der Waals surface area contributed by atoms with Crippen molar-refractivity contribution in [1.82, 2.24) is 28.5 Å². The van der Waals surface area contributed by atoms with Crippen molar-refractivity contribution in [2.45, 2.75) is 25.7 Å². The maximum Gasteiger partial charge on any atom is 0.378 e. The Balaban J connectivity index is 1.35. The van der Waals surface area contributed by atoms with Gasteiger partial charge in [-0.1, -0.05) is 6.07 Å². The first-order valence-corrected chi connectivity index (χ1v) is 13.4. The Hall–Kier alpha value is -3.94. The van der Waals surface area contributed by atoms with Crippen molar-refractivity contribution in [3.63, 3.8) is 0 Å². The molecular formula is C25H26N6O6S. The zero-order chi connectivity index (χ0) is 27.0. The van der Waals surface area contributed by atoms with Crippen LogP contribution in [0.5, 0.6) is 0 Å². The molecule has 12 nitrogen and oxygen atoms in total. The van der Waals surface area contributed by atoms with Gasteiger partial charge in [-0.25, -0.2) is 22.7 Å². The van der Waals surface area contributed by atoms with Crippen molar-refractivity contribution in [2.24, 2.45) is 0 Å². The fourth-order valence-corrected chi connectivity index (χ4v) is 5.88. The summed E-state index contributed by atoms with van der Waals surface area (Å²) in [6.45, 7) is 6.17. The van der Waals surface area contributed by atoms with Crippen LogP contribution < -0.4 is 0 Å². The van der Waals surface area contributed by atoms with E-state index in [4.69, 9.17) is 9.47 Å². The molecule has 0 aliphatic carbocycles. The number of rotatable bonds is 7. The van der Waals surface area contributed by atoms with Gasteiger partial charge < -0.3 is 14.0 Å². The molecule has 4 aromatic rings. The summed E-state index contributed by atoms with van der Waals surface area (Å²) in [7, 11) is -3.69. The second-order valence-corrected chi connectivity index (χ2v) is 10.8. The highest BCUT2D eigenvalue weighted by atomic mass is 32.2. The number of ether oxygens (including phenoxy) is 2. The van der Waals surface area contributed by atoms with Crippen molar-refractivity contribution in [2.75, 3.05) is 32.9 Å². The highest BCUT2D eigenvalue weighted by Crippen LogP contribution is 2.25. The zero-order valence-electron chi connectivity index (χ0n) is 21.1. The summed E-state index contributed by atoms with van der Waals surface area (Å²) in [5.74, 6) is -1.18. The number of Topliss-reactive ketones (excluding diaryl/α,β-unsaturated/α-hetero) is 1. The molecule has 0 saturated carbocycles. The lowest BCUT2D eigenvalue weighted by molar-refractivity contribution is 0.0462. The molecule has 0 radical (unpaired) electrons. The van der Waals surface area contributed by atoms with Crippen LogP contribution in [0.3, 0.4) is 0 Å². The number of nitrogens with zero attached hydrogens (tertiary/aromatic N) is 6. The van der Waals surface area contributed by atoms with E-state index in [1.807, 2.05) is 6.92 Å². The van der Waals surface area contributed by atoms with Crippen LogP contribution in [-0.2, 0) is 19.5 Å². The average Bonchev–Trinajstić information content (AvgIpc) is 3.49. The van der Waals surface area contributed by atoms with Crippen LogP contribution in [-0.4, -0.2) is 81.5 Å². The molecule has 198 valence electrons. The third-order valence-corrected chi connectivity index (χ3v) is 8.26. The van der Waals surface area contributed by atoms with Crippen molar-refractivity contribution >= 4 is 27.6 Å². The summed E-state index contributed by atoms with van der Waals surface area (Å²) < 4.78 is 41.4. The lowest BCUT2D eigenvalue weighted by Gasteiger charge is -2.26. The standard InChI is InChI=1S/C25H26N6O6S/c1-16-7-8-26-25-27-23(28-31(16)25)24(33)37-15-22(32)21-13-17(2)30(18(21)3)19-5-4-6-20(14-19)38(34,35)29-9-11-36-12-10-29/h4-8,13-14H,9-12,15H2,1-3H3. The van der Waals surface area contributed by atoms with Gasteiger partial charge >= 0.3 is 5.97 Å². The third-order valence-electron chi connectivity index (χ3n) is 6.36. The van der Waals surface area contributed by atoms with Gasteiger partial charge in [-0.05, 0) is 51.1 Å². The maximum atomic E-state index is 13.1. The quantitative estimate of drug-likeness (QED) is 0.255. The summed E-state index contributed by atoms with van der Waals surface area (Å²) in [6, 6.07) is 10.00. The Morgan fingerprint density at radius 1 is 1.05 bits per heavy atom. The van der Waals surface area contributed by atoms with Crippen LogP contribution in [0.4, 0.5) is 0 Å². The first-order valence-electron chi connectivity index (χ1n) is 11.9. The van der Waals surface area contributed by atoms with Crippen LogP contribution >= 0.6 is 0 Å². The predicted octanol–water partition coefficient (Wildman–Crippen LogP) is 1.90. The molecule has 0 amide bonds. The molecule has 0 N–H and O–H groups in total. The largest absolute Gasteiger partial charge is 0.451 e. The maximum absolute atomic E-state index is 13.1. The second kappa shape index (κ2) is 10.1. The van der Waals surface area contributed by atoms with Gasteiger partial charge in [-0.3, -0.25) is 4.79 Å². The summed E-state index contributed by atoms with van der Waals surface area (Å²) in [6.07, 6.45) is 1.56. The SMILES string of the molecule is Cc1cc(C(=O)COC(=O)c2nc3nccc(C)n3n2)c(C)n1-c1cccc(S(=O)(=O)N2CCOCC2)c1. The molecule has 1 aliphatic rings. The number of esters is 1. The summed E-state index contributed by atoms with van der Waals surface area (Å²) in [4.78, 5) is 33.8. The molecule has 1 aromatic carbocycles. The van der Waals surface area contributed by atoms with Gasteiger partial charge in [0.05, 0.1) is 18.1 Å². The molecule has 1 aliphatic heterocycles. The first-order chi connectivity index (χ1) is 18.2. The van der Waals surface area contributed by atoms with Gasteiger partial charge in [0.2, 0.25) is 15.8 Å². The molecule has 4 heterocycles. The van der Waals surface area contributed by atoms with E-state index in [0.717, 1.165) is 11.4 Å². The normalized spacial score (nSPS) is 14.6. The van der Waals surface area contributed by atoms with E-state index in [1.54, 1.807) is 61.0 Å². The topological polar surface area (TPSA) is 138 Å². The lowest BCUT2D eigenvalue weighted by atomic mass is 10.1. The monoisotopic (exact) mass is 538 g/mol. The zero-order valence-corrected chi connectivity index (χ0v) is 21.9.